The first kappa shape index (κ1) is 21.3. The topological polar surface area (TPSA) is 119 Å². The lowest BCUT2D eigenvalue weighted by atomic mass is 9.82. The first-order chi connectivity index (χ1) is 17.1. The third-order valence-corrected chi connectivity index (χ3v) is 6.90. The molecule has 0 saturated heterocycles. The van der Waals surface area contributed by atoms with Crippen LogP contribution in [0.4, 0.5) is 0 Å². The molecule has 1 saturated carbocycles. The summed E-state index contributed by atoms with van der Waals surface area (Å²) in [6.45, 7) is 0. The van der Waals surface area contributed by atoms with Crippen molar-refractivity contribution in [3.8, 4) is 11.1 Å². The van der Waals surface area contributed by atoms with Gasteiger partial charge in [-0.2, -0.15) is 10.2 Å². The van der Waals surface area contributed by atoms with Crippen molar-refractivity contribution < 1.29 is 9.32 Å². The summed E-state index contributed by atoms with van der Waals surface area (Å²) in [5.74, 6) is 0.216. The van der Waals surface area contributed by atoms with Crippen LogP contribution >= 0.6 is 0 Å². The van der Waals surface area contributed by atoms with E-state index in [-0.39, 0.29) is 29.2 Å². The van der Waals surface area contributed by atoms with Gasteiger partial charge in [-0.05, 0) is 49.4 Å². The summed E-state index contributed by atoms with van der Waals surface area (Å²) in [4.78, 5) is 25.1. The standard InChI is InChI=1S/C26H24N6O3/c1-32-14-17(13-27-32)16-8-11-21-22(12-16)31-35-24(21)26(34)28-18-9-6-15(7-10-18)23-19-4-2-3-5-20(19)25(33)30-29-23/h2-5,8,11-15,18H,6-7,9-10H2,1H3,(H,28,34)(H,30,33). The third-order valence-electron chi connectivity index (χ3n) is 6.90. The van der Waals surface area contributed by atoms with Gasteiger partial charge < -0.3 is 9.84 Å². The second-order valence-electron chi connectivity index (χ2n) is 9.15. The molecule has 9 nitrogen and oxygen atoms in total. The predicted octanol–water partition coefficient (Wildman–Crippen LogP) is 3.92. The van der Waals surface area contributed by atoms with Gasteiger partial charge >= 0.3 is 0 Å². The number of amides is 1. The lowest BCUT2D eigenvalue weighted by molar-refractivity contribution is 0.0891. The van der Waals surface area contributed by atoms with E-state index in [9.17, 15) is 9.59 Å². The minimum absolute atomic E-state index is 0.0441. The Balaban J connectivity index is 1.15. The van der Waals surface area contributed by atoms with Crippen LogP contribution in [0.25, 0.3) is 32.8 Å². The Morgan fingerprint density at radius 2 is 1.86 bits per heavy atom. The van der Waals surface area contributed by atoms with Gasteiger partial charge in [-0.1, -0.05) is 29.4 Å². The minimum atomic E-state index is -0.252. The smallest absolute Gasteiger partial charge is 0.290 e. The maximum absolute atomic E-state index is 13.0. The number of nitrogens with zero attached hydrogens (tertiary/aromatic N) is 4. The average molecular weight is 469 g/mol. The van der Waals surface area contributed by atoms with Crippen molar-refractivity contribution in [2.75, 3.05) is 0 Å². The molecule has 1 aliphatic rings. The van der Waals surface area contributed by atoms with Crippen molar-refractivity contribution in [1.82, 2.24) is 30.5 Å². The van der Waals surface area contributed by atoms with E-state index >= 15 is 0 Å². The van der Waals surface area contributed by atoms with E-state index in [2.05, 4.69) is 25.8 Å². The fourth-order valence-electron chi connectivity index (χ4n) is 5.07. The fraction of sp³-hybridized carbons (Fsp3) is 0.269. The number of hydrogen-bond acceptors (Lipinski definition) is 6. The number of carbonyl (C=O) groups excluding carboxylic acids is 1. The summed E-state index contributed by atoms with van der Waals surface area (Å²) < 4.78 is 7.18. The van der Waals surface area contributed by atoms with Crippen LogP contribution in [0, 0.1) is 0 Å². The minimum Gasteiger partial charge on any atom is -0.350 e. The summed E-state index contributed by atoms with van der Waals surface area (Å²) in [5, 5.41) is 20.7. The van der Waals surface area contributed by atoms with Gasteiger partial charge in [0.1, 0.15) is 5.52 Å². The molecule has 0 spiro atoms. The Morgan fingerprint density at radius 1 is 1.06 bits per heavy atom. The lowest BCUT2D eigenvalue weighted by Crippen LogP contribution is -2.37. The van der Waals surface area contributed by atoms with Crippen molar-refractivity contribution in [1.29, 1.82) is 0 Å². The lowest BCUT2D eigenvalue weighted by Gasteiger charge is -2.28. The van der Waals surface area contributed by atoms with Gasteiger partial charge in [-0.25, -0.2) is 5.10 Å². The van der Waals surface area contributed by atoms with E-state index in [0.29, 0.717) is 16.3 Å². The quantitative estimate of drug-likeness (QED) is 0.413. The predicted molar refractivity (Wildman–Crippen MR) is 131 cm³/mol. The van der Waals surface area contributed by atoms with E-state index in [1.807, 2.05) is 55.7 Å². The zero-order valence-corrected chi connectivity index (χ0v) is 19.2. The largest absolute Gasteiger partial charge is 0.350 e. The van der Waals surface area contributed by atoms with E-state index < -0.39 is 0 Å². The molecule has 2 aromatic carbocycles. The summed E-state index contributed by atoms with van der Waals surface area (Å²) >= 11 is 0. The van der Waals surface area contributed by atoms with Gasteiger partial charge in [0.25, 0.3) is 11.5 Å². The normalized spacial score (nSPS) is 18.2. The number of fused-ring (bicyclic) bond motifs is 2. The first-order valence-electron chi connectivity index (χ1n) is 11.7. The maximum atomic E-state index is 13.0. The monoisotopic (exact) mass is 468 g/mol. The SMILES string of the molecule is Cn1cc(-c2ccc3c(C(=O)NC4CCC(c5n[nH]c(=O)c6ccccc56)CC4)onc3c2)cn1. The zero-order chi connectivity index (χ0) is 23.9. The Labute approximate surface area is 200 Å². The molecule has 1 aliphatic carbocycles. The highest BCUT2D eigenvalue weighted by Crippen LogP contribution is 2.34. The zero-order valence-electron chi connectivity index (χ0n) is 19.2. The van der Waals surface area contributed by atoms with Gasteiger partial charge in [0.2, 0.25) is 5.76 Å². The van der Waals surface area contributed by atoms with Crippen LogP contribution in [-0.2, 0) is 7.05 Å². The first-order valence-corrected chi connectivity index (χ1v) is 11.7. The Morgan fingerprint density at radius 3 is 2.63 bits per heavy atom. The number of H-pyrrole nitrogens is 1. The molecule has 1 fully saturated rings. The molecule has 0 aliphatic heterocycles. The molecule has 3 heterocycles. The van der Waals surface area contributed by atoms with Crippen molar-refractivity contribution in [3.05, 3.63) is 76.7 Å². The number of benzene rings is 2. The molecule has 0 radical (unpaired) electrons. The molecule has 1 amide bonds. The van der Waals surface area contributed by atoms with Crippen LogP contribution in [0.3, 0.4) is 0 Å². The molecule has 5 aromatic rings. The van der Waals surface area contributed by atoms with Crippen LogP contribution in [0.1, 0.15) is 47.8 Å². The molecular weight excluding hydrogens is 444 g/mol. The van der Waals surface area contributed by atoms with Crippen LogP contribution in [-0.4, -0.2) is 37.1 Å². The van der Waals surface area contributed by atoms with Crippen LogP contribution in [0.15, 0.2) is 64.2 Å². The summed E-state index contributed by atoms with van der Waals surface area (Å²) in [6.07, 6.45) is 7.11. The van der Waals surface area contributed by atoms with Crippen LogP contribution in [0.5, 0.6) is 0 Å². The number of aryl methyl sites for hydroxylation is 1. The van der Waals surface area contributed by atoms with Gasteiger partial charge in [-0.3, -0.25) is 14.3 Å². The van der Waals surface area contributed by atoms with Crippen molar-refractivity contribution in [2.24, 2.45) is 7.05 Å². The second-order valence-corrected chi connectivity index (χ2v) is 9.15. The molecule has 3 aromatic heterocycles. The van der Waals surface area contributed by atoms with E-state index in [4.69, 9.17) is 4.52 Å². The Hall–Kier alpha value is -4.27. The number of hydrogen-bond donors (Lipinski definition) is 2. The summed E-state index contributed by atoms with van der Waals surface area (Å²) in [5.41, 5.74) is 3.33. The van der Waals surface area contributed by atoms with E-state index in [1.165, 1.54) is 0 Å². The van der Waals surface area contributed by atoms with Crippen molar-refractivity contribution in [3.63, 3.8) is 0 Å². The fourth-order valence-corrected chi connectivity index (χ4v) is 5.07. The molecule has 9 heteroatoms. The van der Waals surface area contributed by atoms with Gasteiger partial charge in [0.15, 0.2) is 0 Å². The molecule has 35 heavy (non-hydrogen) atoms. The summed E-state index contributed by atoms with van der Waals surface area (Å²) in [7, 11) is 1.87. The van der Waals surface area contributed by atoms with Gasteiger partial charge in [0.05, 0.1) is 22.7 Å². The maximum Gasteiger partial charge on any atom is 0.290 e. The second kappa shape index (κ2) is 8.50. The molecular formula is C26H24N6O3. The highest BCUT2D eigenvalue weighted by atomic mass is 16.5. The molecule has 6 rings (SSSR count). The number of rotatable bonds is 4. The summed E-state index contributed by atoms with van der Waals surface area (Å²) in [6, 6.07) is 13.3. The number of aromatic nitrogens is 5. The van der Waals surface area contributed by atoms with E-state index in [1.54, 1.807) is 10.9 Å². The highest BCUT2D eigenvalue weighted by Gasteiger charge is 2.28. The van der Waals surface area contributed by atoms with Gasteiger partial charge in [0, 0.05) is 36.2 Å². The van der Waals surface area contributed by atoms with E-state index in [0.717, 1.165) is 47.9 Å². The number of carbonyl (C=O) groups is 1. The third kappa shape index (κ3) is 3.88. The molecule has 0 bridgehead atoms. The Kier molecular flexibility index (Phi) is 5.17. The van der Waals surface area contributed by atoms with Crippen LogP contribution in [0.2, 0.25) is 0 Å². The number of aromatic amines is 1. The molecule has 0 unspecified atom stereocenters. The molecule has 176 valence electrons. The van der Waals surface area contributed by atoms with Crippen molar-refractivity contribution >= 4 is 27.6 Å². The van der Waals surface area contributed by atoms with Crippen LogP contribution < -0.4 is 10.9 Å². The number of nitrogens with one attached hydrogen (secondary N) is 2. The Bertz CT molecular complexity index is 1610. The molecule has 0 atom stereocenters. The van der Waals surface area contributed by atoms with Crippen molar-refractivity contribution in [2.45, 2.75) is 37.6 Å². The average Bonchev–Trinajstić information content (AvgIpc) is 3.51. The van der Waals surface area contributed by atoms with Gasteiger partial charge in [-0.15, -0.1) is 0 Å². The molecule has 2 N–H and O–H groups in total. The highest BCUT2D eigenvalue weighted by molar-refractivity contribution is 6.04.